The Labute approximate surface area is 387 Å². The first kappa shape index (κ1) is 84.8. The molecule has 0 aliphatic heterocycles. The van der Waals surface area contributed by atoms with Crippen LogP contribution in [-0.4, -0.2) is 9.75 Å². The summed E-state index contributed by atoms with van der Waals surface area (Å²) < 4.78 is 0. The van der Waals surface area contributed by atoms with Gasteiger partial charge in [-0.05, 0) is 137 Å². The van der Waals surface area contributed by atoms with Crippen molar-refractivity contribution in [3.05, 3.63) is 55.2 Å². The summed E-state index contributed by atoms with van der Waals surface area (Å²) in [5.41, 5.74) is 5.78. The van der Waals surface area contributed by atoms with Crippen LogP contribution in [0.15, 0.2) is 36.5 Å². The summed E-state index contributed by atoms with van der Waals surface area (Å²) in [6.45, 7) is 78.0. The van der Waals surface area contributed by atoms with Gasteiger partial charge in [-0.25, -0.2) is 0 Å². The summed E-state index contributed by atoms with van der Waals surface area (Å²) in [7, 11) is 0. The second-order valence-electron chi connectivity index (χ2n) is 24.7. The molecule has 2 heteroatoms. The number of halogens is 2. The molecule has 0 aliphatic carbocycles. The molecular formula is C56H123Cl2+3. The lowest BCUT2D eigenvalue weighted by Gasteiger charge is -2.36. The van der Waals surface area contributed by atoms with Gasteiger partial charge >= 0.3 is 0 Å². The van der Waals surface area contributed by atoms with Crippen LogP contribution in [0.5, 0.6) is 0 Å². The van der Waals surface area contributed by atoms with Crippen molar-refractivity contribution in [3.63, 3.8) is 0 Å². The van der Waals surface area contributed by atoms with Crippen molar-refractivity contribution < 1.29 is 0 Å². The molecule has 0 heterocycles. The molecule has 0 aliphatic rings. The first-order chi connectivity index (χ1) is 22.9. The predicted molar refractivity (Wildman–Crippen MR) is 290 cm³/mol. The molecule has 0 aromatic rings. The van der Waals surface area contributed by atoms with E-state index in [1.54, 1.807) is 5.92 Å². The molecule has 0 aromatic carbocycles. The summed E-state index contributed by atoms with van der Waals surface area (Å²) in [5.74, 6) is 2.96. The summed E-state index contributed by atoms with van der Waals surface area (Å²) in [6.07, 6.45) is 7.09. The van der Waals surface area contributed by atoms with Crippen LogP contribution >= 0.6 is 23.2 Å². The molecule has 0 atom stereocenters. The SMILES string of the molecule is C.C.C.C.C=C(C)C.C=C(C)C.C=C(C)CC(C)(C)CC([CH2+])(C)C.CC(C)(C)CC(C)(C)CC(C)(C)Cl.CC(C)(C)Cl.C[C+](C)C.C[C+](C)CC(C)(C)CC(C)(C)C. The topological polar surface area (TPSA) is 0 Å². The molecule has 0 aromatic heterocycles. The van der Waals surface area contributed by atoms with Gasteiger partial charge in [0.1, 0.15) is 5.41 Å². The molecule has 0 saturated carbocycles. The smallest absolute Gasteiger partial charge is 0.100 e. The predicted octanol–water partition coefficient (Wildman–Crippen LogP) is 22.9. The van der Waals surface area contributed by atoms with Gasteiger partial charge in [0.25, 0.3) is 0 Å². The van der Waals surface area contributed by atoms with Crippen LogP contribution in [0.2, 0.25) is 0 Å². The van der Waals surface area contributed by atoms with Crippen molar-refractivity contribution in [3.8, 4) is 0 Å². The second kappa shape index (κ2) is 37.0. The Balaban J connectivity index is -0.0000000515. The monoisotopic (exact) mass is 866 g/mol. The van der Waals surface area contributed by atoms with Crippen molar-refractivity contribution >= 4 is 23.2 Å². The van der Waals surface area contributed by atoms with Gasteiger partial charge in [0.15, 0.2) is 0 Å². The van der Waals surface area contributed by atoms with E-state index in [0.717, 1.165) is 19.3 Å². The number of rotatable bonds is 10. The molecule has 0 spiro atoms. The Kier molecular flexibility index (Phi) is 54.1. The summed E-state index contributed by atoms with van der Waals surface area (Å²) >= 11 is 11.8. The molecule has 0 fully saturated rings. The maximum absolute atomic E-state index is 6.25. The van der Waals surface area contributed by atoms with Crippen LogP contribution in [0.3, 0.4) is 0 Å². The van der Waals surface area contributed by atoms with Crippen molar-refractivity contribution in [2.75, 3.05) is 0 Å². The minimum Gasteiger partial charge on any atom is -0.120 e. The van der Waals surface area contributed by atoms with Gasteiger partial charge in [-0.2, -0.15) is 0 Å². The van der Waals surface area contributed by atoms with E-state index >= 15 is 0 Å². The third-order valence-electron chi connectivity index (χ3n) is 5.49. The number of alkyl halides is 2. The highest BCUT2D eigenvalue weighted by Crippen LogP contribution is 2.41. The van der Waals surface area contributed by atoms with Gasteiger partial charge < -0.3 is 0 Å². The summed E-state index contributed by atoms with van der Waals surface area (Å²) in [6, 6.07) is 0. The fraction of sp³-hybridized carbons (Fsp3) is 0.839. The minimum atomic E-state index is -0.0747. The normalized spacial score (nSPS) is 11.2. The fourth-order valence-corrected chi connectivity index (χ4v) is 7.63. The first-order valence-corrected chi connectivity index (χ1v) is 21.3. The van der Waals surface area contributed by atoms with Crippen molar-refractivity contribution in [2.24, 2.45) is 32.5 Å². The molecule has 0 saturated heterocycles. The Morgan fingerprint density at radius 1 is 0.466 bits per heavy atom. The van der Waals surface area contributed by atoms with Gasteiger partial charge in [-0.15, -0.1) is 42.9 Å². The Morgan fingerprint density at radius 3 is 0.845 bits per heavy atom. The fourth-order valence-electron chi connectivity index (χ4n) is 7.27. The Morgan fingerprint density at radius 2 is 0.690 bits per heavy atom. The summed E-state index contributed by atoms with van der Waals surface area (Å²) in [5, 5.41) is 0. The molecule has 358 valence electrons. The number of allylic oxidation sites excluding steroid dienone is 3. The lowest BCUT2D eigenvalue weighted by Crippen LogP contribution is -2.27. The maximum Gasteiger partial charge on any atom is 0.100 e. The standard InChI is InChI=1S/C12H25Cl.C12H25.C12H23.C4H9Cl.C4H9.2C4H8.4CH4/c1-10(2,3)8-11(4,5)9-12(6,7)13;2*1-10(2)8-12(6,7)9-11(3,4)5;1-4(2,3)5;3*1-4(2)3;;;;/h8-9H2,1-7H3;8-9H2,1-7H3;1,3,8-9H2,2,4-7H3;1-3H3;1-3H3;2*1H2,2-3H3;4*1H4/q;2*+1;;+1;;;;;;. The molecule has 0 amide bonds. The lowest BCUT2D eigenvalue weighted by atomic mass is 9.72. The van der Waals surface area contributed by atoms with Crippen LogP contribution in [-0.2, 0) is 0 Å². The number of hydrogen-bond donors (Lipinski definition) is 0. The molecular weight excluding hydrogens is 744 g/mol. The van der Waals surface area contributed by atoms with E-state index in [9.17, 15) is 0 Å². The van der Waals surface area contributed by atoms with E-state index in [0.29, 0.717) is 27.1 Å². The van der Waals surface area contributed by atoms with E-state index in [4.69, 9.17) is 23.2 Å². The van der Waals surface area contributed by atoms with Gasteiger partial charge in [-0.1, -0.05) is 130 Å². The van der Waals surface area contributed by atoms with Crippen LogP contribution in [0.25, 0.3) is 0 Å². The van der Waals surface area contributed by atoms with E-state index in [1.807, 2.05) is 48.5 Å². The highest BCUT2D eigenvalue weighted by Gasteiger charge is 2.32. The van der Waals surface area contributed by atoms with Gasteiger partial charge in [0.05, 0.1) is 59.8 Å². The highest BCUT2D eigenvalue weighted by molar-refractivity contribution is 6.23. The second-order valence-corrected chi connectivity index (χ2v) is 26.9. The Hall–Kier alpha value is -0.590. The number of hydrogen-bond acceptors (Lipinski definition) is 0. The largest absolute Gasteiger partial charge is 0.120 e. The van der Waals surface area contributed by atoms with Crippen molar-refractivity contribution in [1.29, 1.82) is 0 Å². The van der Waals surface area contributed by atoms with E-state index in [1.165, 1.54) is 41.9 Å². The van der Waals surface area contributed by atoms with E-state index < -0.39 is 0 Å². The molecule has 0 N–H and O–H groups in total. The quantitative estimate of drug-likeness (QED) is 0.117. The lowest BCUT2D eigenvalue weighted by molar-refractivity contribution is 0.185. The first-order valence-electron chi connectivity index (χ1n) is 20.5. The van der Waals surface area contributed by atoms with Crippen LogP contribution in [0, 0.1) is 51.2 Å². The summed E-state index contributed by atoms with van der Waals surface area (Å²) in [4.78, 5) is -0.102. The third-order valence-corrected chi connectivity index (χ3v) is 5.62. The molecule has 0 rings (SSSR count). The van der Waals surface area contributed by atoms with Gasteiger partial charge in [0, 0.05) is 15.2 Å². The van der Waals surface area contributed by atoms with Gasteiger partial charge in [-0.3, -0.25) is 0 Å². The molecule has 0 nitrogen and oxygen atoms in total. The zero-order chi connectivity index (χ0) is 46.1. The van der Waals surface area contributed by atoms with Crippen molar-refractivity contribution in [2.45, 2.75) is 279 Å². The van der Waals surface area contributed by atoms with Crippen LogP contribution in [0.4, 0.5) is 0 Å². The molecule has 0 radical (unpaired) electrons. The van der Waals surface area contributed by atoms with Crippen molar-refractivity contribution in [1.82, 2.24) is 0 Å². The average molecular weight is 868 g/mol. The zero-order valence-corrected chi connectivity index (χ0v) is 44.8. The maximum atomic E-state index is 6.25. The van der Waals surface area contributed by atoms with E-state index in [2.05, 4.69) is 179 Å². The van der Waals surface area contributed by atoms with E-state index in [-0.39, 0.29) is 44.9 Å². The average Bonchev–Trinajstić information content (AvgIpc) is 2.61. The molecule has 0 unspecified atom stereocenters. The van der Waals surface area contributed by atoms with Crippen LogP contribution < -0.4 is 0 Å². The zero-order valence-electron chi connectivity index (χ0n) is 43.3. The Bertz CT molecular complexity index is 871. The van der Waals surface area contributed by atoms with Gasteiger partial charge in [0.2, 0.25) is 0 Å². The molecule has 0 bridgehead atoms. The molecule has 58 heavy (non-hydrogen) atoms. The third kappa shape index (κ3) is 147. The highest BCUT2D eigenvalue weighted by atomic mass is 35.5. The minimum absolute atomic E-state index is 0. The van der Waals surface area contributed by atoms with Crippen LogP contribution in [0.1, 0.15) is 269 Å².